The van der Waals surface area contributed by atoms with E-state index in [1.807, 2.05) is 43.1 Å². The lowest BCUT2D eigenvalue weighted by Crippen LogP contribution is -2.39. The first-order valence-electron chi connectivity index (χ1n) is 10.1. The molecule has 0 saturated carbocycles. The van der Waals surface area contributed by atoms with Gasteiger partial charge in [0.1, 0.15) is 5.75 Å². The lowest BCUT2D eigenvalue weighted by Gasteiger charge is -2.22. The van der Waals surface area contributed by atoms with Crippen molar-refractivity contribution in [2.45, 2.75) is 18.2 Å². The largest absolute Gasteiger partial charge is 0.494 e. The molecule has 0 unspecified atom stereocenters. The fourth-order valence-corrected chi connectivity index (χ4v) is 4.81. The molecule has 0 aliphatic heterocycles. The number of fused-ring (bicyclic) bond motifs is 1. The summed E-state index contributed by atoms with van der Waals surface area (Å²) in [5, 5.41) is 0.719. The molecule has 1 aromatic heterocycles. The van der Waals surface area contributed by atoms with Gasteiger partial charge in [0.2, 0.25) is 5.91 Å². The zero-order valence-electron chi connectivity index (χ0n) is 17.9. The number of benzene rings is 2. The van der Waals surface area contributed by atoms with Crippen molar-refractivity contribution in [3.8, 4) is 5.75 Å². The first-order chi connectivity index (χ1) is 14.8. The van der Waals surface area contributed by atoms with Crippen LogP contribution in [0.5, 0.6) is 5.75 Å². The molecule has 3 rings (SSSR count). The summed E-state index contributed by atoms with van der Waals surface area (Å²) in [6, 6.07) is 14.3. The van der Waals surface area contributed by atoms with Crippen LogP contribution in [-0.4, -0.2) is 63.8 Å². The van der Waals surface area contributed by atoms with Gasteiger partial charge in [-0.3, -0.25) is 14.6 Å². The number of sulfone groups is 1. The van der Waals surface area contributed by atoms with Crippen LogP contribution in [0.25, 0.3) is 10.2 Å². The second kappa shape index (κ2) is 10.2. The zero-order chi connectivity index (χ0) is 22.4. The highest BCUT2D eigenvalue weighted by atomic mass is 32.2. The molecule has 9 heteroatoms. The van der Waals surface area contributed by atoms with Crippen LogP contribution in [0.2, 0.25) is 0 Å². The summed E-state index contributed by atoms with van der Waals surface area (Å²) in [6.07, 6.45) is 1.88. The third kappa shape index (κ3) is 6.25. The van der Waals surface area contributed by atoms with E-state index in [0.717, 1.165) is 15.3 Å². The molecule has 7 nitrogen and oxygen atoms in total. The Hall–Kier alpha value is -2.49. The molecule has 0 radical (unpaired) electrons. The van der Waals surface area contributed by atoms with Crippen LogP contribution in [-0.2, 0) is 14.6 Å². The fourth-order valence-electron chi connectivity index (χ4n) is 3.11. The van der Waals surface area contributed by atoms with Crippen molar-refractivity contribution >= 4 is 42.4 Å². The van der Waals surface area contributed by atoms with Gasteiger partial charge in [0.15, 0.2) is 15.0 Å². The predicted octanol–water partition coefficient (Wildman–Crippen LogP) is 3.45. The van der Waals surface area contributed by atoms with E-state index >= 15 is 0 Å². The van der Waals surface area contributed by atoms with Gasteiger partial charge >= 0.3 is 0 Å². The van der Waals surface area contributed by atoms with Gasteiger partial charge < -0.3 is 4.74 Å². The summed E-state index contributed by atoms with van der Waals surface area (Å²) in [5.74, 6) is 0.528. The number of likely N-dealkylation sites (N-methyl/N-ethyl adjacent to an activating group) is 2. The molecular formula is C22H27N3O4S2. The van der Waals surface area contributed by atoms with Gasteiger partial charge in [0.05, 0.1) is 28.3 Å². The van der Waals surface area contributed by atoms with E-state index in [2.05, 4.69) is 4.98 Å². The van der Waals surface area contributed by atoms with Crippen molar-refractivity contribution in [1.82, 2.24) is 9.88 Å². The number of carbonyl (C=O) groups excluding carboxylic acids is 1. The smallest absolute Gasteiger partial charge is 0.242 e. The highest BCUT2D eigenvalue weighted by Crippen LogP contribution is 2.28. The van der Waals surface area contributed by atoms with Crippen molar-refractivity contribution in [3.63, 3.8) is 0 Å². The first kappa shape index (κ1) is 23.2. The van der Waals surface area contributed by atoms with Crippen molar-refractivity contribution in [2.75, 3.05) is 44.4 Å². The first-order valence-corrected chi connectivity index (χ1v) is 12.8. The Morgan fingerprint density at radius 2 is 1.94 bits per heavy atom. The topological polar surface area (TPSA) is 79.8 Å². The SMILES string of the molecule is CCN(C(=O)CN(C)CCCOc1cccc(S(C)(=O)=O)c1)c1nc2ccccc2s1. The van der Waals surface area contributed by atoms with E-state index in [0.29, 0.717) is 31.9 Å². The number of nitrogens with zero attached hydrogens (tertiary/aromatic N) is 3. The van der Waals surface area contributed by atoms with Crippen LogP contribution in [0.15, 0.2) is 53.4 Å². The molecular weight excluding hydrogens is 434 g/mol. The minimum atomic E-state index is -3.26. The Morgan fingerprint density at radius 3 is 2.65 bits per heavy atom. The third-order valence-corrected chi connectivity index (χ3v) is 6.89. The number of anilines is 1. The van der Waals surface area contributed by atoms with Gasteiger partial charge in [0, 0.05) is 19.3 Å². The highest BCUT2D eigenvalue weighted by Gasteiger charge is 2.19. The Morgan fingerprint density at radius 1 is 1.16 bits per heavy atom. The number of rotatable bonds is 10. The summed E-state index contributed by atoms with van der Waals surface area (Å²) < 4.78 is 30.0. The summed E-state index contributed by atoms with van der Waals surface area (Å²) in [7, 11) is -1.36. The standard InChI is InChI=1S/C22H27N3O4S2/c1-4-25(22-23-19-11-5-6-12-20(19)30-22)21(26)16-24(2)13-8-14-29-17-9-7-10-18(15-17)31(3,27)28/h5-7,9-12,15H,4,8,13-14,16H2,1-3H3. The number of hydrogen-bond donors (Lipinski definition) is 0. The lowest BCUT2D eigenvalue weighted by molar-refractivity contribution is -0.119. The molecule has 0 aliphatic rings. The fraction of sp³-hybridized carbons (Fsp3) is 0.364. The van der Waals surface area contributed by atoms with Crippen LogP contribution < -0.4 is 9.64 Å². The number of amides is 1. The van der Waals surface area contributed by atoms with Crippen LogP contribution in [0.3, 0.4) is 0 Å². The highest BCUT2D eigenvalue weighted by molar-refractivity contribution is 7.90. The minimum absolute atomic E-state index is 0.00540. The number of thiazole rings is 1. The average Bonchev–Trinajstić information content (AvgIpc) is 3.15. The summed E-state index contributed by atoms with van der Waals surface area (Å²) in [5.41, 5.74) is 0.902. The maximum Gasteiger partial charge on any atom is 0.242 e. The van der Waals surface area contributed by atoms with Crippen LogP contribution in [0.4, 0.5) is 5.13 Å². The second-order valence-electron chi connectivity index (χ2n) is 7.29. The van der Waals surface area contributed by atoms with Gasteiger partial charge in [0.25, 0.3) is 0 Å². The average molecular weight is 462 g/mol. The van der Waals surface area contributed by atoms with Crippen molar-refractivity contribution in [2.24, 2.45) is 0 Å². The van der Waals surface area contributed by atoms with E-state index in [1.54, 1.807) is 23.1 Å². The van der Waals surface area contributed by atoms with Crippen molar-refractivity contribution < 1.29 is 17.9 Å². The van der Waals surface area contributed by atoms with E-state index in [-0.39, 0.29) is 17.3 Å². The van der Waals surface area contributed by atoms with E-state index in [9.17, 15) is 13.2 Å². The van der Waals surface area contributed by atoms with Gasteiger partial charge in [-0.15, -0.1) is 0 Å². The third-order valence-electron chi connectivity index (χ3n) is 4.72. The second-order valence-corrected chi connectivity index (χ2v) is 10.3. The Balaban J connectivity index is 1.48. The molecule has 0 aliphatic carbocycles. The van der Waals surface area contributed by atoms with E-state index in [1.165, 1.54) is 23.7 Å². The number of ether oxygens (including phenoxy) is 1. The number of carbonyl (C=O) groups is 1. The lowest BCUT2D eigenvalue weighted by atomic mass is 10.3. The van der Waals surface area contributed by atoms with Crippen LogP contribution in [0, 0.1) is 0 Å². The molecule has 31 heavy (non-hydrogen) atoms. The molecule has 166 valence electrons. The molecule has 3 aromatic rings. The number of aromatic nitrogens is 1. The van der Waals surface area contributed by atoms with Crippen molar-refractivity contribution in [3.05, 3.63) is 48.5 Å². The Kier molecular flexibility index (Phi) is 7.64. The molecule has 0 fully saturated rings. The van der Waals surface area contributed by atoms with Gasteiger partial charge in [-0.2, -0.15) is 0 Å². The molecule has 0 saturated heterocycles. The molecule has 0 N–H and O–H groups in total. The summed E-state index contributed by atoms with van der Waals surface area (Å²) >= 11 is 1.52. The van der Waals surface area contributed by atoms with Gasteiger partial charge in [-0.1, -0.05) is 29.5 Å². The predicted molar refractivity (Wildman–Crippen MR) is 125 cm³/mol. The van der Waals surface area contributed by atoms with Gasteiger partial charge in [-0.25, -0.2) is 13.4 Å². The molecule has 0 spiro atoms. The molecule has 2 aromatic carbocycles. The van der Waals surface area contributed by atoms with Crippen LogP contribution in [0.1, 0.15) is 13.3 Å². The quantitative estimate of drug-likeness (QED) is 0.430. The molecule has 0 bridgehead atoms. The summed E-state index contributed by atoms with van der Waals surface area (Å²) in [6.45, 7) is 3.90. The van der Waals surface area contributed by atoms with Crippen molar-refractivity contribution in [1.29, 1.82) is 0 Å². The molecule has 0 atom stereocenters. The summed E-state index contributed by atoms with van der Waals surface area (Å²) in [4.78, 5) is 21.3. The monoisotopic (exact) mass is 461 g/mol. The van der Waals surface area contributed by atoms with Gasteiger partial charge in [-0.05, 0) is 50.7 Å². The van der Waals surface area contributed by atoms with Crippen LogP contribution >= 0.6 is 11.3 Å². The maximum absolute atomic E-state index is 12.8. The zero-order valence-corrected chi connectivity index (χ0v) is 19.6. The van der Waals surface area contributed by atoms with E-state index < -0.39 is 9.84 Å². The Labute approximate surface area is 187 Å². The maximum atomic E-state index is 12.8. The molecule has 1 amide bonds. The Bertz CT molecular complexity index is 1110. The number of para-hydroxylation sites is 1. The minimum Gasteiger partial charge on any atom is -0.494 e. The molecule has 1 heterocycles. The normalized spacial score (nSPS) is 11.7. The number of hydrogen-bond acceptors (Lipinski definition) is 7. The van der Waals surface area contributed by atoms with E-state index in [4.69, 9.17) is 4.74 Å².